The van der Waals surface area contributed by atoms with E-state index in [4.69, 9.17) is 9.15 Å². The Labute approximate surface area is 125 Å². The molecule has 0 bridgehead atoms. The molecule has 106 valence electrons. The van der Waals surface area contributed by atoms with Crippen molar-refractivity contribution in [2.45, 2.75) is 26.5 Å². The molecule has 0 unspecified atom stereocenters. The number of halogens is 1. The number of amides is 1. The molecule has 20 heavy (non-hydrogen) atoms. The molecule has 0 aliphatic heterocycles. The fourth-order valence-electron chi connectivity index (χ4n) is 1.61. The fourth-order valence-corrected chi connectivity index (χ4v) is 2.03. The number of ether oxygens (including phenoxy) is 1. The highest BCUT2D eigenvalue weighted by molar-refractivity contribution is 9.10. The van der Waals surface area contributed by atoms with Crippen molar-refractivity contribution in [1.29, 1.82) is 0 Å². The quantitative estimate of drug-likeness (QED) is 0.909. The lowest BCUT2D eigenvalue weighted by molar-refractivity contribution is 0.0948. The third-order valence-corrected chi connectivity index (χ3v) is 3.11. The molecular formula is C14H15BrN2O3. The molecule has 0 fully saturated rings. The minimum atomic E-state index is -0.218. The van der Waals surface area contributed by atoms with E-state index in [2.05, 4.69) is 26.2 Å². The zero-order valence-electron chi connectivity index (χ0n) is 11.2. The molecule has 0 radical (unpaired) electrons. The van der Waals surface area contributed by atoms with Crippen molar-refractivity contribution in [3.8, 4) is 5.88 Å². The van der Waals surface area contributed by atoms with E-state index in [9.17, 15) is 4.79 Å². The summed E-state index contributed by atoms with van der Waals surface area (Å²) in [4.78, 5) is 16.1. The Morgan fingerprint density at radius 1 is 1.50 bits per heavy atom. The van der Waals surface area contributed by atoms with Gasteiger partial charge in [-0.25, -0.2) is 4.98 Å². The predicted octanol–water partition coefficient (Wildman–Crippen LogP) is 3.15. The summed E-state index contributed by atoms with van der Waals surface area (Å²) in [6.07, 6.45) is 3.15. The lowest BCUT2D eigenvalue weighted by Crippen LogP contribution is -2.23. The molecular weight excluding hydrogens is 324 g/mol. The normalized spacial score (nSPS) is 10.6. The van der Waals surface area contributed by atoms with Crippen molar-refractivity contribution in [2.75, 3.05) is 0 Å². The maximum absolute atomic E-state index is 12.0. The minimum Gasteiger partial charge on any atom is -0.475 e. The van der Waals surface area contributed by atoms with Gasteiger partial charge in [-0.1, -0.05) is 6.07 Å². The van der Waals surface area contributed by atoms with E-state index in [-0.39, 0.29) is 12.0 Å². The van der Waals surface area contributed by atoms with Gasteiger partial charge in [-0.15, -0.1) is 0 Å². The average Bonchev–Trinajstić information content (AvgIpc) is 2.83. The minimum absolute atomic E-state index is 0.0300. The molecule has 0 aliphatic rings. The van der Waals surface area contributed by atoms with Crippen LogP contribution in [0.2, 0.25) is 0 Å². The summed E-state index contributed by atoms with van der Waals surface area (Å²) >= 11 is 3.18. The summed E-state index contributed by atoms with van der Waals surface area (Å²) in [6.45, 7) is 4.20. The first kappa shape index (κ1) is 14.6. The predicted molar refractivity (Wildman–Crippen MR) is 77.6 cm³/mol. The van der Waals surface area contributed by atoms with Gasteiger partial charge in [0.2, 0.25) is 5.88 Å². The summed E-state index contributed by atoms with van der Waals surface area (Å²) in [6, 6.07) is 5.28. The molecule has 2 heterocycles. The molecule has 2 aromatic heterocycles. The molecule has 0 aliphatic carbocycles. The van der Waals surface area contributed by atoms with E-state index < -0.39 is 0 Å². The van der Waals surface area contributed by atoms with Crippen LogP contribution in [0.25, 0.3) is 0 Å². The van der Waals surface area contributed by atoms with Gasteiger partial charge in [0.1, 0.15) is 0 Å². The van der Waals surface area contributed by atoms with Crippen molar-refractivity contribution in [3.63, 3.8) is 0 Å². The second-order valence-corrected chi connectivity index (χ2v) is 5.15. The molecule has 1 amide bonds. The van der Waals surface area contributed by atoms with Crippen LogP contribution in [0, 0.1) is 0 Å². The first-order valence-electron chi connectivity index (χ1n) is 6.19. The first-order chi connectivity index (χ1) is 9.58. The fraction of sp³-hybridized carbons (Fsp3) is 0.286. The number of hydrogen-bond acceptors (Lipinski definition) is 4. The van der Waals surface area contributed by atoms with Gasteiger partial charge < -0.3 is 14.5 Å². The highest BCUT2D eigenvalue weighted by Crippen LogP contribution is 2.19. The molecule has 0 spiro atoms. The average molecular weight is 339 g/mol. The highest BCUT2D eigenvalue weighted by atomic mass is 79.9. The van der Waals surface area contributed by atoms with Gasteiger partial charge in [-0.2, -0.15) is 0 Å². The zero-order chi connectivity index (χ0) is 14.5. The zero-order valence-corrected chi connectivity index (χ0v) is 12.8. The summed E-state index contributed by atoms with van der Waals surface area (Å²) in [5.41, 5.74) is 1.29. The summed E-state index contributed by atoms with van der Waals surface area (Å²) in [7, 11) is 0. The van der Waals surface area contributed by atoms with Crippen molar-refractivity contribution in [2.24, 2.45) is 0 Å². The SMILES string of the molecule is CC(C)Oc1ncccc1CNC(=O)c1ccoc1Br. The lowest BCUT2D eigenvalue weighted by atomic mass is 10.2. The van der Waals surface area contributed by atoms with Gasteiger partial charge in [0.15, 0.2) is 4.67 Å². The Bertz CT molecular complexity index is 596. The van der Waals surface area contributed by atoms with Gasteiger partial charge in [0.05, 0.1) is 17.9 Å². The standard InChI is InChI=1S/C14H15BrN2O3/c1-9(2)20-14-10(4-3-6-16-14)8-17-13(18)11-5-7-19-12(11)15/h3-7,9H,8H2,1-2H3,(H,17,18). The van der Waals surface area contributed by atoms with Crippen molar-refractivity contribution >= 4 is 21.8 Å². The number of carbonyl (C=O) groups is 1. The van der Waals surface area contributed by atoms with Crippen molar-refractivity contribution in [3.05, 3.63) is 46.5 Å². The van der Waals surface area contributed by atoms with Gasteiger partial charge in [-0.05, 0) is 41.9 Å². The van der Waals surface area contributed by atoms with E-state index in [0.717, 1.165) is 5.56 Å². The molecule has 2 aromatic rings. The Morgan fingerprint density at radius 2 is 2.30 bits per heavy atom. The van der Waals surface area contributed by atoms with Crippen LogP contribution < -0.4 is 10.1 Å². The number of rotatable bonds is 5. The van der Waals surface area contributed by atoms with Crippen LogP contribution in [0.5, 0.6) is 5.88 Å². The maximum atomic E-state index is 12.0. The summed E-state index contributed by atoms with van der Waals surface area (Å²) in [5, 5.41) is 2.81. The van der Waals surface area contributed by atoms with Crippen LogP contribution in [-0.4, -0.2) is 17.0 Å². The highest BCUT2D eigenvalue weighted by Gasteiger charge is 2.13. The largest absolute Gasteiger partial charge is 0.475 e. The topological polar surface area (TPSA) is 64.4 Å². The van der Waals surface area contributed by atoms with Gasteiger partial charge in [0.25, 0.3) is 5.91 Å². The van der Waals surface area contributed by atoms with Crippen LogP contribution in [0.15, 0.2) is 39.7 Å². The molecule has 2 rings (SSSR count). The lowest BCUT2D eigenvalue weighted by Gasteiger charge is -2.13. The van der Waals surface area contributed by atoms with Crippen LogP contribution >= 0.6 is 15.9 Å². The van der Waals surface area contributed by atoms with E-state index in [1.54, 1.807) is 12.3 Å². The molecule has 0 saturated heterocycles. The molecule has 0 saturated carbocycles. The summed E-state index contributed by atoms with van der Waals surface area (Å²) in [5.74, 6) is 0.319. The first-order valence-corrected chi connectivity index (χ1v) is 6.99. The molecule has 0 aromatic carbocycles. The number of aromatic nitrogens is 1. The molecule has 5 nitrogen and oxygen atoms in total. The summed E-state index contributed by atoms with van der Waals surface area (Å²) < 4.78 is 11.1. The van der Waals surface area contributed by atoms with Crippen LogP contribution in [0.4, 0.5) is 0 Å². The third-order valence-electron chi connectivity index (χ3n) is 2.50. The smallest absolute Gasteiger partial charge is 0.256 e. The van der Waals surface area contributed by atoms with Crippen LogP contribution in [0.3, 0.4) is 0 Å². The molecule has 0 atom stereocenters. The van der Waals surface area contributed by atoms with E-state index in [0.29, 0.717) is 22.7 Å². The number of carbonyl (C=O) groups excluding carboxylic acids is 1. The van der Waals surface area contributed by atoms with E-state index >= 15 is 0 Å². The van der Waals surface area contributed by atoms with E-state index in [1.807, 2.05) is 26.0 Å². The van der Waals surface area contributed by atoms with Crippen LogP contribution in [-0.2, 0) is 6.54 Å². The van der Waals surface area contributed by atoms with E-state index in [1.165, 1.54) is 6.26 Å². The number of nitrogens with zero attached hydrogens (tertiary/aromatic N) is 1. The second kappa shape index (κ2) is 6.56. The maximum Gasteiger partial charge on any atom is 0.256 e. The number of furan rings is 1. The number of pyridine rings is 1. The number of nitrogens with one attached hydrogen (secondary N) is 1. The second-order valence-electron chi connectivity index (χ2n) is 4.42. The number of hydrogen-bond donors (Lipinski definition) is 1. The van der Waals surface area contributed by atoms with Gasteiger partial charge in [0, 0.05) is 18.3 Å². The monoisotopic (exact) mass is 338 g/mol. The molecule has 6 heteroatoms. The Balaban J connectivity index is 2.04. The van der Waals surface area contributed by atoms with Crippen molar-refractivity contribution in [1.82, 2.24) is 10.3 Å². The van der Waals surface area contributed by atoms with Crippen LogP contribution in [0.1, 0.15) is 29.8 Å². The third kappa shape index (κ3) is 3.60. The van der Waals surface area contributed by atoms with Gasteiger partial charge >= 0.3 is 0 Å². The Kier molecular flexibility index (Phi) is 4.79. The Morgan fingerprint density at radius 3 is 2.95 bits per heavy atom. The Hall–Kier alpha value is -1.82. The molecule has 1 N–H and O–H groups in total. The van der Waals surface area contributed by atoms with Crippen molar-refractivity contribution < 1.29 is 13.9 Å². The van der Waals surface area contributed by atoms with Gasteiger partial charge in [-0.3, -0.25) is 4.79 Å².